The summed E-state index contributed by atoms with van der Waals surface area (Å²) < 4.78 is 0. The van der Waals surface area contributed by atoms with Crippen LogP contribution >= 0.6 is 11.3 Å². The summed E-state index contributed by atoms with van der Waals surface area (Å²) in [5.74, 6) is 1.05. The maximum atomic E-state index is 12.5. The van der Waals surface area contributed by atoms with Crippen LogP contribution in [0.5, 0.6) is 0 Å². The molecular formula is C14H18N4OS. The summed E-state index contributed by atoms with van der Waals surface area (Å²) in [7, 11) is 0. The molecule has 5 nitrogen and oxygen atoms in total. The van der Waals surface area contributed by atoms with E-state index in [4.69, 9.17) is 0 Å². The zero-order chi connectivity index (χ0) is 14.1. The van der Waals surface area contributed by atoms with Crippen LogP contribution in [0, 0.1) is 13.8 Å². The first kappa shape index (κ1) is 13.3. The molecule has 0 aromatic carbocycles. The molecule has 3 heterocycles. The van der Waals surface area contributed by atoms with Crippen LogP contribution in [0.4, 0.5) is 0 Å². The Kier molecular flexibility index (Phi) is 3.56. The van der Waals surface area contributed by atoms with Crippen molar-refractivity contribution in [3.8, 4) is 0 Å². The summed E-state index contributed by atoms with van der Waals surface area (Å²) in [6, 6.07) is 0.0935. The zero-order valence-electron chi connectivity index (χ0n) is 11.7. The number of nitrogens with one attached hydrogen (secondary N) is 1. The normalized spacial score (nSPS) is 18.7. The first-order chi connectivity index (χ1) is 9.63. The van der Waals surface area contributed by atoms with Gasteiger partial charge in [-0.25, -0.2) is 9.97 Å². The summed E-state index contributed by atoms with van der Waals surface area (Å²) >= 11 is 1.59. The van der Waals surface area contributed by atoms with Crippen molar-refractivity contribution in [2.75, 3.05) is 6.54 Å². The second-order valence-electron chi connectivity index (χ2n) is 5.23. The van der Waals surface area contributed by atoms with Gasteiger partial charge >= 0.3 is 0 Å². The van der Waals surface area contributed by atoms with Crippen molar-refractivity contribution in [2.45, 2.75) is 39.2 Å². The number of H-pyrrole nitrogens is 1. The van der Waals surface area contributed by atoms with Gasteiger partial charge in [0.05, 0.1) is 23.2 Å². The predicted molar refractivity (Wildman–Crippen MR) is 77.6 cm³/mol. The number of thiazole rings is 1. The van der Waals surface area contributed by atoms with Crippen LogP contribution in [0.2, 0.25) is 0 Å². The van der Waals surface area contributed by atoms with Gasteiger partial charge in [-0.2, -0.15) is 0 Å². The lowest BCUT2D eigenvalue weighted by molar-refractivity contribution is -0.131. The highest BCUT2D eigenvalue weighted by molar-refractivity contribution is 7.09. The van der Waals surface area contributed by atoms with Crippen molar-refractivity contribution < 1.29 is 4.79 Å². The molecule has 1 saturated heterocycles. The third-order valence-electron chi connectivity index (χ3n) is 3.61. The molecule has 0 aliphatic carbocycles. The molecule has 2 aromatic heterocycles. The average molecular weight is 290 g/mol. The second-order valence-corrected chi connectivity index (χ2v) is 6.29. The first-order valence-corrected chi connectivity index (χ1v) is 7.73. The van der Waals surface area contributed by atoms with Crippen LogP contribution < -0.4 is 0 Å². The fourth-order valence-electron chi connectivity index (χ4n) is 2.70. The zero-order valence-corrected chi connectivity index (χ0v) is 12.5. The topological polar surface area (TPSA) is 61.9 Å². The molecule has 20 heavy (non-hydrogen) atoms. The van der Waals surface area contributed by atoms with Crippen molar-refractivity contribution in [3.63, 3.8) is 0 Å². The molecule has 0 spiro atoms. The van der Waals surface area contributed by atoms with E-state index in [0.29, 0.717) is 6.42 Å². The molecule has 0 bridgehead atoms. The van der Waals surface area contributed by atoms with Gasteiger partial charge in [0.15, 0.2) is 0 Å². The highest BCUT2D eigenvalue weighted by Gasteiger charge is 2.31. The molecule has 1 N–H and O–H groups in total. The van der Waals surface area contributed by atoms with Crippen molar-refractivity contribution in [3.05, 3.63) is 33.8 Å². The smallest absolute Gasteiger partial charge is 0.229 e. The van der Waals surface area contributed by atoms with Crippen LogP contribution in [0.15, 0.2) is 11.6 Å². The lowest BCUT2D eigenvalue weighted by atomic mass is 10.2. The highest BCUT2D eigenvalue weighted by atomic mass is 32.1. The van der Waals surface area contributed by atoms with E-state index < -0.39 is 0 Å². The van der Waals surface area contributed by atoms with Gasteiger partial charge in [0.1, 0.15) is 5.82 Å². The number of likely N-dealkylation sites (tertiary alicyclic amines) is 1. The Hall–Kier alpha value is -1.69. The molecule has 1 atom stereocenters. The fraction of sp³-hybridized carbons (Fsp3) is 0.500. The molecule has 0 radical (unpaired) electrons. The van der Waals surface area contributed by atoms with E-state index >= 15 is 0 Å². The van der Waals surface area contributed by atoms with Crippen LogP contribution in [0.1, 0.15) is 41.1 Å². The minimum Gasteiger partial charge on any atom is -0.344 e. The number of carbonyl (C=O) groups excluding carboxylic acids is 1. The molecule has 1 fully saturated rings. The van der Waals surface area contributed by atoms with E-state index in [9.17, 15) is 4.79 Å². The van der Waals surface area contributed by atoms with Gasteiger partial charge in [-0.3, -0.25) is 4.79 Å². The van der Waals surface area contributed by atoms with Crippen LogP contribution in [-0.4, -0.2) is 32.3 Å². The molecule has 1 aliphatic heterocycles. The van der Waals surface area contributed by atoms with Crippen molar-refractivity contribution >= 4 is 17.2 Å². The molecule has 0 saturated carbocycles. The quantitative estimate of drug-likeness (QED) is 0.944. The number of carbonyl (C=O) groups is 1. The van der Waals surface area contributed by atoms with Gasteiger partial charge in [-0.15, -0.1) is 11.3 Å². The van der Waals surface area contributed by atoms with Gasteiger partial charge in [0, 0.05) is 23.8 Å². The third-order valence-corrected chi connectivity index (χ3v) is 4.43. The second kappa shape index (κ2) is 5.36. The molecule has 3 rings (SSSR count). The SMILES string of the molecule is Cc1cnc([C@H]2CCCN2C(=O)Cc2csc(C)n2)[nH]1. The van der Waals surface area contributed by atoms with Gasteiger partial charge in [-0.1, -0.05) is 0 Å². The number of rotatable bonds is 3. The molecule has 1 aliphatic rings. The van der Waals surface area contributed by atoms with E-state index in [1.165, 1.54) is 0 Å². The van der Waals surface area contributed by atoms with Crippen LogP contribution in [0.3, 0.4) is 0 Å². The molecule has 6 heteroatoms. The van der Waals surface area contributed by atoms with E-state index in [2.05, 4.69) is 15.0 Å². The van der Waals surface area contributed by atoms with Gasteiger partial charge in [-0.05, 0) is 26.7 Å². The van der Waals surface area contributed by atoms with Crippen molar-refractivity contribution in [1.82, 2.24) is 19.9 Å². The number of amides is 1. The van der Waals surface area contributed by atoms with Gasteiger partial charge in [0.2, 0.25) is 5.91 Å². The molecule has 106 valence electrons. The van der Waals surface area contributed by atoms with Gasteiger partial charge < -0.3 is 9.88 Å². The maximum absolute atomic E-state index is 12.5. The lowest BCUT2D eigenvalue weighted by Crippen LogP contribution is -2.32. The Morgan fingerprint density at radius 3 is 3.05 bits per heavy atom. The van der Waals surface area contributed by atoms with Crippen LogP contribution in [-0.2, 0) is 11.2 Å². The number of hydrogen-bond donors (Lipinski definition) is 1. The number of imidazole rings is 1. The highest BCUT2D eigenvalue weighted by Crippen LogP contribution is 2.30. The lowest BCUT2D eigenvalue weighted by Gasteiger charge is -2.22. The van der Waals surface area contributed by atoms with Crippen molar-refractivity contribution in [2.24, 2.45) is 0 Å². The number of aryl methyl sites for hydroxylation is 2. The Morgan fingerprint density at radius 1 is 1.55 bits per heavy atom. The Labute approximate surface area is 122 Å². The Balaban J connectivity index is 1.73. The summed E-state index contributed by atoms with van der Waals surface area (Å²) in [6.45, 7) is 4.75. The van der Waals surface area contributed by atoms with E-state index in [-0.39, 0.29) is 11.9 Å². The summed E-state index contributed by atoms with van der Waals surface area (Å²) in [6.07, 6.45) is 4.22. The maximum Gasteiger partial charge on any atom is 0.229 e. The number of aromatic amines is 1. The summed E-state index contributed by atoms with van der Waals surface area (Å²) in [4.78, 5) is 26.4. The first-order valence-electron chi connectivity index (χ1n) is 6.85. The monoisotopic (exact) mass is 290 g/mol. The molecule has 0 unspecified atom stereocenters. The summed E-state index contributed by atoms with van der Waals surface area (Å²) in [5, 5.41) is 2.97. The number of aromatic nitrogens is 3. The van der Waals surface area contributed by atoms with E-state index in [1.807, 2.05) is 30.3 Å². The standard InChI is InChI=1S/C14H18N4OS/c1-9-7-15-14(16-9)12-4-3-5-18(12)13(19)6-11-8-20-10(2)17-11/h7-8,12H,3-6H2,1-2H3,(H,15,16)/t12-/m1/s1. The summed E-state index contributed by atoms with van der Waals surface area (Å²) in [5.41, 5.74) is 1.91. The van der Waals surface area contributed by atoms with E-state index in [0.717, 1.165) is 41.6 Å². The van der Waals surface area contributed by atoms with E-state index in [1.54, 1.807) is 11.3 Å². The Morgan fingerprint density at radius 2 is 2.40 bits per heavy atom. The molecule has 2 aromatic rings. The van der Waals surface area contributed by atoms with Crippen LogP contribution in [0.25, 0.3) is 0 Å². The molecular weight excluding hydrogens is 272 g/mol. The minimum atomic E-state index is 0.0935. The predicted octanol–water partition coefficient (Wildman–Crippen LogP) is 2.39. The molecule has 1 amide bonds. The largest absolute Gasteiger partial charge is 0.344 e. The average Bonchev–Trinajstić information content (AvgIpc) is 3.09. The number of hydrogen-bond acceptors (Lipinski definition) is 4. The third kappa shape index (κ3) is 2.60. The van der Waals surface area contributed by atoms with Crippen molar-refractivity contribution in [1.29, 1.82) is 0 Å². The number of nitrogens with zero attached hydrogens (tertiary/aromatic N) is 3. The minimum absolute atomic E-state index is 0.0935. The Bertz CT molecular complexity index is 618. The fourth-order valence-corrected chi connectivity index (χ4v) is 3.31. The van der Waals surface area contributed by atoms with Gasteiger partial charge in [0.25, 0.3) is 0 Å².